The molecule has 0 spiro atoms. The van der Waals surface area contributed by atoms with Crippen molar-refractivity contribution >= 4 is 0 Å². The first-order valence-electron chi connectivity index (χ1n) is 3.12. The molecule has 0 aromatic heterocycles. The molecule has 1 aliphatic carbocycles. The van der Waals surface area contributed by atoms with E-state index in [4.69, 9.17) is 4.74 Å². The van der Waals surface area contributed by atoms with Gasteiger partial charge in [-0.1, -0.05) is 12.8 Å². The molecule has 0 amide bonds. The SMILES string of the molecule is C1CCC2OC2C1.[Ti]. The van der Waals surface area contributed by atoms with E-state index in [0.29, 0.717) is 12.2 Å². The van der Waals surface area contributed by atoms with Crippen LogP contribution in [0.4, 0.5) is 0 Å². The van der Waals surface area contributed by atoms with Crippen LogP contribution in [0.1, 0.15) is 25.7 Å². The van der Waals surface area contributed by atoms with Crippen molar-refractivity contribution in [2.45, 2.75) is 37.9 Å². The van der Waals surface area contributed by atoms with Crippen molar-refractivity contribution in [1.82, 2.24) is 0 Å². The van der Waals surface area contributed by atoms with E-state index in [1.54, 1.807) is 0 Å². The molecule has 0 radical (unpaired) electrons. The number of fused-ring (bicyclic) bond motifs is 1. The molecule has 2 rings (SSSR count). The summed E-state index contributed by atoms with van der Waals surface area (Å²) in [6, 6.07) is 0. The van der Waals surface area contributed by atoms with Crippen LogP contribution in [0.5, 0.6) is 0 Å². The number of hydrogen-bond acceptors (Lipinski definition) is 1. The van der Waals surface area contributed by atoms with Gasteiger partial charge in [-0.3, -0.25) is 0 Å². The van der Waals surface area contributed by atoms with Gasteiger partial charge in [0.25, 0.3) is 0 Å². The van der Waals surface area contributed by atoms with Gasteiger partial charge in [-0.25, -0.2) is 0 Å². The molecule has 44 valence electrons. The van der Waals surface area contributed by atoms with Gasteiger partial charge in [-0.2, -0.15) is 0 Å². The Morgan fingerprint density at radius 1 is 1.00 bits per heavy atom. The van der Waals surface area contributed by atoms with Gasteiger partial charge in [-0.15, -0.1) is 0 Å². The van der Waals surface area contributed by atoms with E-state index in [1.165, 1.54) is 25.7 Å². The first kappa shape index (κ1) is 6.79. The summed E-state index contributed by atoms with van der Waals surface area (Å²) in [5.74, 6) is 0. The Morgan fingerprint density at radius 3 is 1.88 bits per heavy atom. The van der Waals surface area contributed by atoms with Crippen LogP contribution in [0.15, 0.2) is 0 Å². The maximum atomic E-state index is 5.28. The molecule has 1 nitrogen and oxygen atoms in total. The Labute approximate surface area is 64.7 Å². The number of rotatable bonds is 0. The third kappa shape index (κ3) is 1.15. The Bertz CT molecular complexity index is 74.6. The molecular formula is C6H10OTi. The van der Waals surface area contributed by atoms with Crippen LogP contribution < -0.4 is 0 Å². The fourth-order valence-electron chi connectivity index (χ4n) is 1.38. The summed E-state index contributed by atoms with van der Waals surface area (Å²) in [5, 5.41) is 0. The van der Waals surface area contributed by atoms with E-state index in [2.05, 4.69) is 0 Å². The van der Waals surface area contributed by atoms with E-state index in [0.717, 1.165) is 0 Å². The van der Waals surface area contributed by atoms with Gasteiger partial charge >= 0.3 is 0 Å². The Balaban J connectivity index is 0.000000320. The molecule has 1 heterocycles. The predicted octanol–water partition coefficient (Wildman–Crippen LogP) is 1.33. The van der Waals surface area contributed by atoms with Crippen molar-refractivity contribution < 1.29 is 26.5 Å². The van der Waals surface area contributed by atoms with Crippen molar-refractivity contribution in [3.8, 4) is 0 Å². The standard InChI is InChI=1S/C6H10O.Ti/c1-2-4-6-5(3-1)7-6;/h5-6H,1-4H2;. The number of ether oxygens (including phenoxy) is 1. The molecule has 1 saturated carbocycles. The number of epoxide rings is 1. The van der Waals surface area contributed by atoms with E-state index in [1.807, 2.05) is 0 Å². The first-order valence-corrected chi connectivity index (χ1v) is 3.12. The van der Waals surface area contributed by atoms with E-state index in [-0.39, 0.29) is 21.7 Å². The van der Waals surface area contributed by atoms with E-state index >= 15 is 0 Å². The minimum atomic E-state index is 0. The Morgan fingerprint density at radius 2 is 1.50 bits per heavy atom. The van der Waals surface area contributed by atoms with E-state index < -0.39 is 0 Å². The third-order valence-corrected chi connectivity index (χ3v) is 1.91. The zero-order valence-corrected chi connectivity index (χ0v) is 6.45. The van der Waals surface area contributed by atoms with Crippen molar-refractivity contribution in [3.63, 3.8) is 0 Å². The van der Waals surface area contributed by atoms with Gasteiger partial charge < -0.3 is 4.74 Å². The molecule has 2 atom stereocenters. The molecule has 0 aromatic carbocycles. The maximum Gasteiger partial charge on any atom is 0.0841 e. The molecule has 1 saturated heterocycles. The van der Waals surface area contributed by atoms with Crippen LogP contribution >= 0.6 is 0 Å². The topological polar surface area (TPSA) is 12.5 Å². The van der Waals surface area contributed by atoms with Crippen LogP contribution in [0.2, 0.25) is 0 Å². The normalized spacial score (nSPS) is 42.0. The predicted molar refractivity (Wildman–Crippen MR) is 27.1 cm³/mol. The fourth-order valence-corrected chi connectivity index (χ4v) is 1.38. The second-order valence-corrected chi connectivity index (χ2v) is 2.50. The molecule has 2 aliphatic rings. The molecule has 8 heavy (non-hydrogen) atoms. The zero-order chi connectivity index (χ0) is 4.69. The van der Waals surface area contributed by atoms with Crippen molar-refractivity contribution in [3.05, 3.63) is 0 Å². The molecule has 2 unspecified atom stereocenters. The summed E-state index contributed by atoms with van der Waals surface area (Å²) in [5.41, 5.74) is 0. The fraction of sp³-hybridized carbons (Fsp3) is 1.00. The van der Waals surface area contributed by atoms with Crippen LogP contribution in [-0.4, -0.2) is 12.2 Å². The van der Waals surface area contributed by atoms with Gasteiger partial charge in [0.15, 0.2) is 0 Å². The Hall–Kier alpha value is 0.674. The Kier molecular flexibility index (Phi) is 2.13. The van der Waals surface area contributed by atoms with Gasteiger partial charge in [0, 0.05) is 21.7 Å². The van der Waals surface area contributed by atoms with Crippen LogP contribution in [-0.2, 0) is 26.5 Å². The van der Waals surface area contributed by atoms with Crippen LogP contribution in [0.25, 0.3) is 0 Å². The molecular weight excluding hydrogens is 136 g/mol. The van der Waals surface area contributed by atoms with Crippen molar-refractivity contribution in [1.29, 1.82) is 0 Å². The summed E-state index contributed by atoms with van der Waals surface area (Å²) < 4.78 is 5.28. The molecule has 0 aromatic rings. The monoisotopic (exact) mass is 146 g/mol. The van der Waals surface area contributed by atoms with Gasteiger partial charge in [0.2, 0.25) is 0 Å². The van der Waals surface area contributed by atoms with E-state index in [9.17, 15) is 0 Å². The zero-order valence-electron chi connectivity index (χ0n) is 4.89. The summed E-state index contributed by atoms with van der Waals surface area (Å²) in [7, 11) is 0. The summed E-state index contributed by atoms with van der Waals surface area (Å²) >= 11 is 0. The van der Waals surface area contributed by atoms with Crippen molar-refractivity contribution in [2.75, 3.05) is 0 Å². The van der Waals surface area contributed by atoms with Gasteiger partial charge in [0.1, 0.15) is 0 Å². The minimum Gasteiger partial charge on any atom is -0.370 e. The first-order chi connectivity index (χ1) is 3.47. The third-order valence-electron chi connectivity index (χ3n) is 1.91. The summed E-state index contributed by atoms with van der Waals surface area (Å²) in [4.78, 5) is 0. The molecule has 2 heteroatoms. The van der Waals surface area contributed by atoms with Gasteiger partial charge in [0.05, 0.1) is 12.2 Å². The summed E-state index contributed by atoms with van der Waals surface area (Å²) in [6.45, 7) is 0. The number of hydrogen-bond donors (Lipinski definition) is 0. The molecule has 0 bridgehead atoms. The quantitative estimate of drug-likeness (QED) is 0.371. The molecule has 2 fully saturated rings. The van der Waals surface area contributed by atoms with Crippen molar-refractivity contribution in [2.24, 2.45) is 0 Å². The summed E-state index contributed by atoms with van der Waals surface area (Å²) in [6.07, 6.45) is 6.89. The maximum absolute atomic E-state index is 5.28. The average molecular weight is 146 g/mol. The second-order valence-electron chi connectivity index (χ2n) is 2.50. The van der Waals surface area contributed by atoms with Crippen LogP contribution in [0, 0.1) is 0 Å². The van der Waals surface area contributed by atoms with Crippen LogP contribution in [0.3, 0.4) is 0 Å². The average Bonchev–Trinajstić information content (AvgIpc) is 2.41. The smallest absolute Gasteiger partial charge is 0.0841 e. The second kappa shape index (κ2) is 2.51. The molecule has 0 N–H and O–H groups in total. The largest absolute Gasteiger partial charge is 0.370 e. The molecule has 1 aliphatic heterocycles. The van der Waals surface area contributed by atoms with Gasteiger partial charge in [-0.05, 0) is 12.8 Å². The minimum absolute atomic E-state index is 0.